The molecule has 10 heteroatoms. The normalized spacial score (nSPS) is 14.9. The zero-order valence-corrected chi connectivity index (χ0v) is 15.9. The molecule has 0 bridgehead atoms. The van der Waals surface area contributed by atoms with Crippen molar-refractivity contribution < 1.29 is 24.2 Å². The van der Waals surface area contributed by atoms with Gasteiger partial charge in [0.2, 0.25) is 5.88 Å². The summed E-state index contributed by atoms with van der Waals surface area (Å²) in [6, 6.07) is 5.04. The molecule has 1 fully saturated rings. The highest BCUT2D eigenvalue weighted by molar-refractivity contribution is 7.20. The number of rotatable bonds is 4. The third-order valence-electron chi connectivity index (χ3n) is 4.51. The molecule has 146 valence electrons. The summed E-state index contributed by atoms with van der Waals surface area (Å²) in [5, 5.41) is 17.0. The average Bonchev–Trinajstić information content (AvgIpc) is 3.24. The first-order valence-electron chi connectivity index (χ1n) is 8.76. The van der Waals surface area contributed by atoms with Gasteiger partial charge >= 0.3 is 6.16 Å². The Morgan fingerprint density at radius 2 is 2.14 bits per heavy atom. The third kappa shape index (κ3) is 3.69. The van der Waals surface area contributed by atoms with Crippen molar-refractivity contribution in [1.82, 2.24) is 14.8 Å². The minimum absolute atomic E-state index is 0.0560. The molecular weight excluding hydrogens is 384 g/mol. The number of fused-ring (bicyclic) bond motifs is 1. The van der Waals surface area contributed by atoms with E-state index in [2.05, 4.69) is 20.1 Å². The van der Waals surface area contributed by atoms with Gasteiger partial charge in [-0.05, 0) is 31.9 Å². The molecule has 4 heterocycles. The number of anilines is 1. The van der Waals surface area contributed by atoms with Crippen LogP contribution in [0, 0.1) is 6.92 Å². The molecule has 1 amide bonds. The number of ether oxygens (including phenoxy) is 2. The largest absolute Gasteiger partial charge is 0.512 e. The van der Waals surface area contributed by atoms with Gasteiger partial charge in [0.1, 0.15) is 4.83 Å². The molecule has 0 aliphatic carbocycles. The second kappa shape index (κ2) is 7.56. The van der Waals surface area contributed by atoms with E-state index in [4.69, 9.17) is 9.84 Å². The molecule has 4 rings (SSSR count). The number of thiophene rings is 1. The Hall–Kier alpha value is -2.98. The number of carbonyl (C=O) groups excluding carboxylic acids is 1. The van der Waals surface area contributed by atoms with E-state index in [0.717, 1.165) is 42.0 Å². The summed E-state index contributed by atoms with van der Waals surface area (Å²) in [4.78, 5) is 28.5. The van der Waals surface area contributed by atoms with E-state index in [1.54, 1.807) is 0 Å². The van der Waals surface area contributed by atoms with Crippen molar-refractivity contribution >= 4 is 39.3 Å². The molecular formula is C18H18N4O5S. The first-order chi connectivity index (χ1) is 13.5. The van der Waals surface area contributed by atoms with E-state index in [9.17, 15) is 9.59 Å². The summed E-state index contributed by atoms with van der Waals surface area (Å²) in [5.41, 5.74) is 1.34. The zero-order chi connectivity index (χ0) is 19.7. The first kappa shape index (κ1) is 18.4. The van der Waals surface area contributed by atoms with Crippen LogP contribution in [0.25, 0.3) is 10.2 Å². The maximum absolute atomic E-state index is 12.6. The van der Waals surface area contributed by atoms with Crippen molar-refractivity contribution in [3.8, 4) is 5.88 Å². The molecule has 0 atom stereocenters. The second-order valence-electron chi connectivity index (χ2n) is 6.41. The van der Waals surface area contributed by atoms with Gasteiger partial charge in [0.15, 0.2) is 0 Å². The van der Waals surface area contributed by atoms with Crippen LogP contribution in [-0.2, 0) is 4.74 Å². The van der Waals surface area contributed by atoms with Gasteiger partial charge in [-0.1, -0.05) is 0 Å². The van der Waals surface area contributed by atoms with Gasteiger partial charge in [-0.15, -0.1) is 11.3 Å². The Balaban J connectivity index is 1.53. The molecule has 0 saturated carbocycles. The lowest BCUT2D eigenvalue weighted by molar-refractivity contribution is 0.0675. The first-order valence-corrected chi connectivity index (χ1v) is 9.57. The number of hydrogen-bond acceptors (Lipinski definition) is 7. The standard InChI is InChI=1S/C18H18N4O5S/c1-10-13-8-14(28-17(13)22(21-10)12-4-6-26-7-5-12)16(23)20-11-2-3-15(19-9-11)27-18(24)25/h2-3,8-9,12H,4-7H2,1H3,(H,20,23)(H,24,25). The van der Waals surface area contributed by atoms with E-state index in [0.29, 0.717) is 10.6 Å². The number of carbonyl (C=O) groups is 2. The predicted octanol–water partition coefficient (Wildman–Crippen LogP) is 3.46. The highest BCUT2D eigenvalue weighted by Gasteiger charge is 2.23. The van der Waals surface area contributed by atoms with Gasteiger partial charge in [-0.2, -0.15) is 5.10 Å². The molecule has 2 N–H and O–H groups in total. The highest BCUT2D eigenvalue weighted by atomic mass is 32.1. The zero-order valence-electron chi connectivity index (χ0n) is 15.0. The lowest BCUT2D eigenvalue weighted by atomic mass is 10.1. The molecule has 1 aliphatic heterocycles. The van der Waals surface area contributed by atoms with E-state index < -0.39 is 6.16 Å². The number of nitrogens with one attached hydrogen (secondary N) is 1. The summed E-state index contributed by atoms with van der Waals surface area (Å²) in [5.74, 6) is -0.313. The molecule has 3 aromatic rings. The fraction of sp³-hybridized carbons (Fsp3) is 0.333. The Bertz CT molecular complexity index is 1020. The maximum atomic E-state index is 12.6. The lowest BCUT2D eigenvalue weighted by Gasteiger charge is -2.22. The number of carboxylic acid groups (broad SMARTS) is 1. The molecule has 0 aromatic carbocycles. The van der Waals surface area contributed by atoms with Crippen LogP contribution in [0.4, 0.5) is 10.5 Å². The summed E-state index contributed by atoms with van der Waals surface area (Å²) < 4.78 is 11.9. The molecule has 0 unspecified atom stereocenters. The fourth-order valence-electron chi connectivity index (χ4n) is 3.16. The fourth-order valence-corrected chi connectivity index (χ4v) is 4.29. The van der Waals surface area contributed by atoms with Crippen LogP contribution in [0.5, 0.6) is 5.88 Å². The molecule has 0 radical (unpaired) electrons. The number of pyridine rings is 1. The molecule has 28 heavy (non-hydrogen) atoms. The van der Waals surface area contributed by atoms with Crippen LogP contribution in [0.15, 0.2) is 24.4 Å². The van der Waals surface area contributed by atoms with Crippen LogP contribution in [-0.4, -0.2) is 45.1 Å². The van der Waals surface area contributed by atoms with E-state index in [1.807, 2.05) is 17.7 Å². The van der Waals surface area contributed by atoms with Gasteiger partial charge in [0, 0.05) is 24.7 Å². The quantitative estimate of drug-likeness (QED) is 0.642. The average molecular weight is 402 g/mol. The number of nitrogens with zero attached hydrogens (tertiary/aromatic N) is 3. The molecule has 1 aliphatic rings. The monoisotopic (exact) mass is 402 g/mol. The van der Waals surface area contributed by atoms with Gasteiger partial charge in [-0.3, -0.25) is 9.48 Å². The van der Waals surface area contributed by atoms with Crippen molar-refractivity contribution in [2.45, 2.75) is 25.8 Å². The van der Waals surface area contributed by atoms with Gasteiger partial charge in [-0.25, -0.2) is 9.78 Å². The topological polar surface area (TPSA) is 116 Å². The summed E-state index contributed by atoms with van der Waals surface area (Å²) in [6.45, 7) is 3.38. The minimum Gasteiger partial charge on any atom is -0.449 e. The number of amides is 1. The van der Waals surface area contributed by atoms with Gasteiger partial charge < -0.3 is 19.9 Å². The lowest BCUT2D eigenvalue weighted by Crippen LogP contribution is -2.20. The van der Waals surface area contributed by atoms with Crippen LogP contribution < -0.4 is 10.1 Å². The van der Waals surface area contributed by atoms with E-state index in [1.165, 1.54) is 29.7 Å². The van der Waals surface area contributed by atoms with Crippen molar-refractivity contribution in [2.24, 2.45) is 0 Å². The number of hydrogen-bond donors (Lipinski definition) is 2. The van der Waals surface area contributed by atoms with Crippen LogP contribution in [0.2, 0.25) is 0 Å². The molecule has 0 spiro atoms. The maximum Gasteiger partial charge on any atom is 0.512 e. The smallest absolute Gasteiger partial charge is 0.449 e. The van der Waals surface area contributed by atoms with Gasteiger partial charge in [0.25, 0.3) is 5.91 Å². The Kier molecular flexibility index (Phi) is 4.97. The molecule has 3 aromatic heterocycles. The predicted molar refractivity (Wildman–Crippen MR) is 102 cm³/mol. The van der Waals surface area contributed by atoms with E-state index in [-0.39, 0.29) is 17.8 Å². The molecule has 1 saturated heterocycles. The molecule has 9 nitrogen and oxygen atoms in total. The van der Waals surface area contributed by atoms with Crippen molar-refractivity contribution in [2.75, 3.05) is 18.5 Å². The Labute approximate surface area is 163 Å². The SMILES string of the molecule is Cc1nn(C2CCOCC2)c2sc(C(=O)Nc3ccc(OC(=O)O)nc3)cc12. The van der Waals surface area contributed by atoms with Crippen LogP contribution in [0.1, 0.15) is 34.2 Å². The van der Waals surface area contributed by atoms with Crippen LogP contribution >= 0.6 is 11.3 Å². The third-order valence-corrected chi connectivity index (χ3v) is 5.64. The van der Waals surface area contributed by atoms with Crippen LogP contribution in [0.3, 0.4) is 0 Å². The number of aromatic nitrogens is 3. The van der Waals surface area contributed by atoms with Gasteiger partial charge in [0.05, 0.1) is 28.5 Å². The highest BCUT2D eigenvalue weighted by Crippen LogP contribution is 2.33. The Morgan fingerprint density at radius 3 is 2.82 bits per heavy atom. The Morgan fingerprint density at radius 1 is 1.36 bits per heavy atom. The van der Waals surface area contributed by atoms with E-state index >= 15 is 0 Å². The second-order valence-corrected chi connectivity index (χ2v) is 7.44. The summed E-state index contributed by atoms with van der Waals surface area (Å²) in [6.07, 6.45) is 1.72. The number of aryl methyl sites for hydroxylation is 1. The summed E-state index contributed by atoms with van der Waals surface area (Å²) >= 11 is 1.40. The van der Waals surface area contributed by atoms with Crippen molar-refractivity contribution in [1.29, 1.82) is 0 Å². The van der Waals surface area contributed by atoms with Crippen molar-refractivity contribution in [3.05, 3.63) is 35.0 Å². The van der Waals surface area contributed by atoms with Crippen molar-refractivity contribution in [3.63, 3.8) is 0 Å². The summed E-state index contributed by atoms with van der Waals surface area (Å²) in [7, 11) is 0. The minimum atomic E-state index is -1.44.